The fourth-order valence-electron chi connectivity index (χ4n) is 3.37. The first-order valence-corrected chi connectivity index (χ1v) is 8.66. The Morgan fingerprint density at radius 1 is 1.29 bits per heavy atom. The van der Waals surface area contributed by atoms with Crippen LogP contribution in [0, 0.1) is 0 Å². The van der Waals surface area contributed by atoms with Gasteiger partial charge in [-0.15, -0.1) is 0 Å². The fourth-order valence-corrected chi connectivity index (χ4v) is 3.37. The second-order valence-electron chi connectivity index (χ2n) is 6.27. The first-order valence-electron chi connectivity index (χ1n) is 8.66. The van der Waals surface area contributed by atoms with E-state index in [1.807, 2.05) is 31.2 Å². The number of carbonyl (C=O) groups excluding carboxylic acids is 2. The number of fused-ring (bicyclic) bond motifs is 1. The van der Waals surface area contributed by atoms with Gasteiger partial charge in [-0.1, -0.05) is 25.1 Å². The molecule has 0 radical (unpaired) electrons. The Labute approximate surface area is 142 Å². The number of carbonyl (C=O) groups is 2. The first-order chi connectivity index (χ1) is 11.6. The van der Waals surface area contributed by atoms with Crippen molar-refractivity contribution in [1.29, 1.82) is 0 Å². The van der Waals surface area contributed by atoms with E-state index in [0.29, 0.717) is 31.6 Å². The van der Waals surface area contributed by atoms with Gasteiger partial charge in [0.25, 0.3) is 5.91 Å². The highest BCUT2D eigenvalue weighted by atomic mass is 16.5. The second-order valence-corrected chi connectivity index (χ2v) is 6.27. The van der Waals surface area contributed by atoms with Gasteiger partial charge in [-0.05, 0) is 37.8 Å². The van der Waals surface area contributed by atoms with Crippen LogP contribution < -0.4 is 10.2 Å². The highest BCUT2D eigenvalue weighted by Crippen LogP contribution is 2.28. The lowest BCUT2D eigenvalue weighted by molar-refractivity contribution is -0.125. The Morgan fingerprint density at radius 3 is 2.88 bits per heavy atom. The molecule has 3 rings (SSSR count). The smallest absolute Gasteiger partial charge is 0.251 e. The molecule has 0 unspecified atom stereocenters. The minimum Gasteiger partial charge on any atom is -0.497 e. The van der Waals surface area contributed by atoms with E-state index in [9.17, 15) is 9.59 Å². The van der Waals surface area contributed by atoms with Crippen LogP contribution in [0.4, 0.5) is 5.69 Å². The molecule has 0 fully saturated rings. The van der Waals surface area contributed by atoms with Crippen molar-refractivity contribution < 1.29 is 14.3 Å². The van der Waals surface area contributed by atoms with Gasteiger partial charge in [-0.3, -0.25) is 9.59 Å². The van der Waals surface area contributed by atoms with E-state index in [0.717, 1.165) is 24.3 Å². The van der Waals surface area contributed by atoms with Crippen molar-refractivity contribution in [3.05, 3.63) is 41.2 Å². The summed E-state index contributed by atoms with van der Waals surface area (Å²) >= 11 is 0. The Kier molecular flexibility index (Phi) is 4.88. The molecular weight excluding hydrogens is 304 g/mol. The van der Waals surface area contributed by atoms with Crippen LogP contribution >= 0.6 is 0 Å². The average Bonchev–Trinajstić information content (AvgIpc) is 3.04. The van der Waals surface area contributed by atoms with Crippen LogP contribution in [0.2, 0.25) is 0 Å². The maximum atomic E-state index is 12.7. The molecule has 1 N–H and O–H groups in total. The third-order valence-corrected chi connectivity index (χ3v) is 4.65. The molecule has 0 saturated heterocycles. The third kappa shape index (κ3) is 3.16. The highest BCUT2D eigenvalue weighted by molar-refractivity contribution is 6.03. The van der Waals surface area contributed by atoms with E-state index in [1.165, 1.54) is 5.56 Å². The lowest BCUT2D eigenvalue weighted by Gasteiger charge is -2.24. The number of nitrogens with zero attached hydrogens (tertiary/aromatic N) is 1. The maximum absolute atomic E-state index is 12.7. The van der Waals surface area contributed by atoms with Crippen LogP contribution in [0.3, 0.4) is 0 Å². The predicted molar refractivity (Wildman–Crippen MR) is 92.6 cm³/mol. The number of nitrogens with one attached hydrogen (secondary N) is 1. The molecule has 0 bridgehead atoms. The lowest BCUT2D eigenvalue weighted by atomic mass is 10.0. The number of anilines is 1. The van der Waals surface area contributed by atoms with E-state index in [-0.39, 0.29) is 11.8 Å². The van der Waals surface area contributed by atoms with Gasteiger partial charge in [0.1, 0.15) is 11.8 Å². The van der Waals surface area contributed by atoms with Crippen LogP contribution in [0.25, 0.3) is 0 Å². The minimum absolute atomic E-state index is 0.0660. The van der Waals surface area contributed by atoms with Gasteiger partial charge < -0.3 is 15.0 Å². The van der Waals surface area contributed by atoms with Crippen LogP contribution in [0.15, 0.2) is 35.6 Å². The zero-order chi connectivity index (χ0) is 17.1. The minimum atomic E-state index is -0.559. The van der Waals surface area contributed by atoms with Gasteiger partial charge in [0.15, 0.2) is 0 Å². The number of para-hydroxylation sites is 1. The first kappa shape index (κ1) is 16.6. The molecule has 1 aromatic rings. The van der Waals surface area contributed by atoms with Gasteiger partial charge in [-0.2, -0.15) is 0 Å². The summed E-state index contributed by atoms with van der Waals surface area (Å²) in [6.45, 7) is 5.06. The quantitative estimate of drug-likeness (QED) is 0.924. The molecule has 24 heavy (non-hydrogen) atoms. The van der Waals surface area contributed by atoms with E-state index >= 15 is 0 Å². The lowest BCUT2D eigenvalue weighted by Crippen LogP contribution is -2.47. The molecule has 5 nitrogen and oxygen atoms in total. The van der Waals surface area contributed by atoms with Gasteiger partial charge in [0, 0.05) is 18.7 Å². The third-order valence-electron chi connectivity index (χ3n) is 4.65. The molecule has 128 valence electrons. The number of rotatable bonds is 4. The second kappa shape index (κ2) is 7.07. The van der Waals surface area contributed by atoms with Crippen molar-refractivity contribution in [1.82, 2.24) is 5.32 Å². The van der Waals surface area contributed by atoms with Crippen molar-refractivity contribution in [3.63, 3.8) is 0 Å². The van der Waals surface area contributed by atoms with Gasteiger partial charge >= 0.3 is 0 Å². The largest absolute Gasteiger partial charge is 0.497 e. The van der Waals surface area contributed by atoms with Crippen LogP contribution in [-0.4, -0.2) is 31.0 Å². The number of benzene rings is 1. The summed E-state index contributed by atoms with van der Waals surface area (Å²) in [5, 5.41) is 2.85. The van der Waals surface area contributed by atoms with Gasteiger partial charge in [0.2, 0.25) is 5.91 Å². The van der Waals surface area contributed by atoms with Crippen LogP contribution in [0.5, 0.6) is 0 Å². The van der Waals surface area contributed by atoms with Crippen molar-refractivity contribution in [2.75, 3.05) is 18.1 Å². The Balaban J connectivity index is 1.69. The number of hydrogen-bond acceptors (Lipinski definition) is 3. The zero-order valence-electron chi connectivity index (χ0n) is 14.3. The Hall–Kier alpha value is -2.30. The standard InChI is InChI=1S/C19H24N2O3/c1-3-17-15(8-6-12-24-17)18(22)20-13(2)19(23)21-11-10-14-7-4-5-9-16(14)21/h4-5,7,9,13H,3,6,8,10-12H2,1-2H3,(H,20,22)/t13-/m1/s1. The van der Waals surface area contributed by atoms with Crippen molar-refractivity contribution in [3.8, 4) is 0 Å². The van der Waals surface area contributed by atoms with Gasteiger partial charge in [-0.25, -0.2) is 0 Å². The summed E-state index contributed by atoms with van der Waals surface area (Å²) in [4.78, 5) is 27.0. The van der Waals surface area contributed by atoms with Crippen molar-refractivity contribution in [2.24, 2.45) is 0 Å². The summed E-state index contributed by atoms with van der Waals surface area (Å²) in [5.74, 6) is 0.508. The molecule has 1 atom stereocenters. The Bertz CT molecular complexity index is 681. The van der Waals surface area contributed by atoms with E-state index in [2.05, 4.69) is 5.32 Å². The molecule has 2 amide bonds. The number of allylic oxidation sites excluding steroid dienone is 1. The Morgan fingerprint density at radius 2 is 2.08 bits per heavy atom. The summed E-state index contributed by atoms with van der Waals surface area (Å²) in [6.07, 6.45) is 3.11. The van der Waals surface area contributed by atoms with Crippen molar-refractivity contribution >= 4 is 17.5 Å². The number of ether oxygens (including phenoxy) is 1. The van der Waals surface area contributed by atoms with Crippen molar-refractivity contribution in [2.45, 2.75) is 45.6 Å². The predicted octanol–water partition coefficient (Wildman–Crippen LogP) is 2.55. The number of hydrogen-bond donors (Lipinski definition) is 1. The normalized spacial score (nSPS) is 18.0. The van der Waals surface area contributed by atoms with Gasteiger partial charge in [0.05, 0.1) is 12.2 Å². The molecule has 0 aliphatic carbocycles. The molecule has 1 aromatic carbocycles. The van der Waals surface area contributed by atoms with Crippen LogP contribution in [0.1, 0.15) is 38.7 Å². The summed E-state index contributed by atoms with van der Waals surface area (Å²) in [6, 6.07) is 7.37. The molecular formula is C19H24N2O3. The van der Waals surface area contributed by atoms with Crippen LogP contribution in [-0.2, 0) is 20.7 Å². The summed E-state index contributed by atoms with van der Waals surface area (Å²) < 4.78 is 5.57. The number of amides is 2. The fraction of sp³-hybridized carbons (Fsp3) is 0.474. The topological polar surface area (TPSA) is 58.6 Å². The molecule has 2 heterocycles. The molecule has 5 heteroatoms. The molecule has 2 aliphatic heterocycles. The highest BCUT2D eigenvalue weighted by Gasteiger charge is 2.29. The SMILES string of the molecule is CCC1=C(C(=O)N[C@H](C)C(=O)N2CCc3ccccc32)CCCO1. The molecule has 2 aliphatic rings. The maximum Gasteiger partial charge on any atom is 0.251 e. The molecule has 0 spiro atoms. The van der Waals surface area contributed by atoms with E-state index in [1.54, 1.807) is 11.8 Å². The average molecular weight is 328 g/mol. The zero-order valence-corrected chi connectivity index (χ0v) is 14.3. The monoisotopic (exact) mass is 328 g/mol. The molecule has 0 aromatic heterocycles. The van der Waals surface area contributed by atoms with E-state index in [4.69, 9.17) is 4.74 Å². The van der Waals surface area contributed by atoms with E-state index < -0.39 is 6.04 Å². The summed E-state index contributed by atoms with van der Waals surface area (Å²) in [7, 11) is 0. The summed E-state index contributed by atoms with van der Waals surface area (Å²) in [5.41, 5.74) is 2.82. The molecule has 0 saturated carbocycles.